The monoisotopic (exact) mass is 604 g/mol. The van der Waals surface area contributed by atoms with Crippen molar-refractivity contribution in [3.8, 4) is 22.5 Å². The third-order valence-electron chi connectivity index (χ3n) is 5.06. The summed E-state index contributed by atoms with van der Waals surface area (Å²) >= 11 is 0. The quantitative estimate of drug-likeness (QED) is 0.107. The van der Waals surface area contributed by atoms with Crippen LogP contribution in [0.4, 0.5) is 0 Å². The predicted octanol–water partition coefficient (Wildman–Crippen LogP) is 4.26. The summed E-state index contributed by atoms with van der Waals surface area (Å²) in [5.41, 5.74) is 10.2. The zero-order valence-electron chi connectivity index (χ0n) is 21.1. The summed E-state index contributed by atoms with van der Waals surface area (Å²) in [5.74, 6) is 0. The fraction of sp³-hybridized carbons (Fsp3) is 0. The number of fused-ring (bicyclic) bond motifs is 11. The van der Waals surface area contributed by atoms with Gasteiger partial charge in [-0.3, -0.25) is 0 Å². The minimum atomic E-state index is 0. The van der Waals surface area contributed by atoms with Crippen molar-refractivity contribution in [1.29, 1.82) is 0 Å². The zero-order valence-corrected chi connectivity index (χ0v) is 24.1. The minimum absolute atomic E-state index is 0. The summed E-state index contributed by atoms with van der Waals surface area (Å²) in [7, 11) is 0. The number of aromatic amines is 2. The van der Waals surface area contributed by atoms with Gasteiger partial charge in [-0.15, -0.1) is 0 Å². The Morgan fingerprint density at radius 3 is 1.34 bits per heavy atom. The third-order valence-corrected chi connectivity index (χ3v) is 5.06. The van der Waals surface area contributed by atoms with E-state index in [4.69, 9.17) is 49.6 Å². The van der Waals surface area contributed by atoms with Gasteiger partial charge in [-0.1, -0.05) is 50.2 Å². The second-order valence-electron chi connectivity index (χ2n) is 7.40. The molecule has 0 unspecified atom stereocenters. The Balaban J connectivity index is 0.000000564. The summed E-state index contributed by atoms with van der Waals surface area (Å²) in [6, 6.07) is 24.9. The molecule has 0 spiro atoms. The van der Waals surface area contributed by atoms with Gasteiger partial charge in [0, 0.05) is 52.7 Å². The Kier molecular flexibility index (Phi) is 14.7. The van der Waals surface area contributed by atoms with Crippen molar-refractivity contribution < 1.29 is 59.1 Å². The number of hydrogen-bond acceptors (Lipinski definition) is 6. The number of aromatic nitrogens is 4. The summed E-state index contributed by atoms with van der Waals surface area (Å²) in [5, 5.41) is 27.1. The first-order valence-corrected chi connectivity index (χ1v) is 11.0. The van der Waals surface area contributed by atoms with Crippen molar-refractivity contribution in [2.45, 2.75) is 0 Å². The van der Waals surface area contributed by atoms with Crippen LogP contribution in [0.3, 0.4) is 0 Å². The van der Waals surface area contributed by atoms with Crippen LogP contribution in [0.25, 0.3) is 56.7 Å². The zero-order chi connectivity index (χ0) is 29.3. The number of hydrogen-bond donors (Lipinski definition) is 6. The largest absolute Gasteiger partial charge is 0.665 e. The van der Waals surface area contributed by atoms with E-state index in [1.54, 1.807) is 0 Å². The van der Waals surface area contributed by atoms with Crippen LogP contribution in [0.15, 0.2) is 72.8 Å². The summed E-state index contributed by atoms with van der Waals surface area (Å²) < 4.78 is 0. The van der Waals surface area contributed by atoms with Crippen LogP contribution in [-0.4, -0.2) is 66.3 Å². The van der Waals surface area contributed by atoms with Crippen molar-refractivity contribution in [2.75, 3.05) is 0 Å². The maximum atomic E-state index is 8.24. The number of H-pyrrole nitrogens is 2. The second kappa shape index (κ2) is 18.0. The van der Waals surface area contributed by atoms with Crippen LogP contribution in [0.2, 0.25) is 0 Å². The number of nitrogens with zero attached hydrogens (tertiary/aromatic N) is 2. The van der Waals surface area contributed by atoms with E-state index in [1.807, 2.05) is 12.2 Å². The van der Waals surface area contributed by atoms with Crippen molar-refractivity contribution in [3.63, 3.8) is 0 Å². The molecule has 41 heavy (non-hydrogen) atoms. The topological polar surface area (TPSA) is 207 Å². The molecule has 2 aliphatic heterocycles. The predicted molar refractivity (Wildman–Crippen MR) is 148 cm³/mol. The van der Waals surface area contributed by atoms with E-state index in [1.165, 1.54) is 0 Å². The van der Waals surface area contributed by atoms with Crippen LogP contribution < -0.4 is 0 Å². The summed E-state index contributed by atoms with van der Waals surface area (Å²) in [6.45, 7) is 2.00. The number of rotatable bonds is 0. The number of nitrogens with one attached hydrogen (secondary N) is 2. The van der Waals surface area contributed by atoms with Gasteiger partial charge >= 0.3 is 0 Å². The van der Waals surface area contributed by atoms with Crippen molar-refractivity contribution in [3.05, 3.63) is 84.2 Å². The van der Waals surface area contributed by atoms with Gasteiger partial charge in [0.1, 0.15) is 0 Å². The van der Waals surface area contributed by atoms with Crippen molar-refractivity contribution >= 4 is 60.1 Å². The molecular formula is C28H20N4O8Zn-4. The van der Waals surface area contributed by atoms with Gasteiger partial charge in [-0.25, -0.2) is 9.97 Å². The molecule has 0 fully saturated rings. The molecule has 13 heteroatoms. The van der Waals surface area contributed by atoms with E-state index in [0.29, 0.717) is 25.9 Å². The van der Waals surface area contributed by atoms with E-state index in [9.17, 15) is 0 Å². The normalized spacial score (nSPS) is 9.46. The molecular weight excluding hydrogens is 586 g/mol. The van der Waals surface area contributed by atoms with Gasteiger partial charge in [-0.2, -0.15) is 0 Å². The minimum Gasteiger partial charge on any atom is -0.665 e. The van der Waals surface area contributed by atoms with Crippen LogP contribution >= 0.6 is 0 Å². The van der Waals surface area contributed by atoms with Gasteiger partial charge in [0.2, 0.25) is 0 Å². The molecule has 206 valence electrons. The molecule has 12 nitrogen and oxygen atoms in total. The van der Waals surface area contributed by atoms with Crippen molar-refractivity contribution in [2.24, 2.45) is 0 Å². The Labute approximate surface area is 245 Å². The van der Waals surface area contributed by atoms with Gasteiger partial charge < -0.3 is 49.6 Å². The van der Waals surface area contributed by atoms with E-state index >= 15 is 0 Å². The van der Waals surface area contributed by atoms with Crippen LogP contribution in [-0.2, 0) is 38.7 Å². The van der Waals surface area contributed by atoms with E-state index < -0.39 is 0 Å². The molecule has 0 aliphatic carbocycles. The van der Waals surface area contributed by atoms with E-state index in [0.717, 1.165) is 56.0 Å². The fourth-order valence-electron chi connectivity index (χ4n) is 3.77. The van der Waals surface area contributed by atoms with Gasteiger partial charge in [-0.05, 0) is 60.7 Å². The molecule has 1 aromatic carbocycles. The van der Waals surface area contributed by atoms with Crippen LogP contribution in [0.5, 0.6) is 0 Å². The number of aliphatic hydroxyl groups excluding tert-OH is 4. The molecule has 4 aromatic rings. The van der Waals surface area contributed by atoms with Crippen molar-refractivity contribution in [1.82, 2.24) is 19.9 Å². The molecule has 5 heterocycles. The van der Waals surface area contributed by atoms with E-state index in [2.05, 4.69) is 82.8 Å². The SMILES string of the molecule is C1=Cc2cc3ccc(cc4ccc(cc5nc(cc1n2)-c1ccccc1-5)[nH]4)[nH]3.O=[C-]O.O=[C-]O.O=[C-]O.O=[C-]O.[Zn]. The first-order chi connectivity index (χ1) is 19.5. The van der Waals surface area contributed by atoms with Crippen LogP contribution in [0.1, 0.15) is 11.4 Å². The average Bonchev–Trinajstić information content (AvgIpc) is 3.72. The molecule has 0 amide bonds. The molecule has 3 aromatic heterocycles. The molecule has 8 bridgehead atoms. The van der Waals surface area contributed by atoms with E-state index in [-0.39, 0.29) is 19.5 Å². The smallest absolute Gasteiger partial charge is 0.0737 e. The molecule has 6 rings (SSSR count). The molecule has 0 radical (unpaired) electrons. The van der Waals surface area contributed by atoms with Gasteiger partial charge in [0.15, 0.2) is 0 Å². The Hall–Kier alpha value is -5.42. The molecule has 2 aliphatic rings. The second-order valence-corrected chi connectivity index (χ2v) is 7.40. The summed E-state index contributed by atoms with van der Waals surface area (Å²) in [4.78, 5) is 49.4. The number of benzene rings is 1. The first kappa shape index (κ1) is 33.6. The van der Waals surface area contributed by atoms with Gasteiger partial charge in [0.05, 0.1) is 22.8 Å². The Morgan fingerprint density at radius 2 is 0.878 bits per heavy atom. The first-order valence-electron chi connectivity index (χ1n) is 11.0. The summed E-state index contributed by atoms with van der Waals surface area (Å²) in [6.07, 6.45) is 4.06. The Bertz CT molecular complexity index is 1620. The standard InChI is InChI=1S/C24H16N4.4CHO2.Zn/c1-2-4-22-21(3-1)23-13-19-9-7-17(26-19)11-15-5-6-16(25-15)12-18-8-10-20(27-18)14-24(22)28-23;4*2-1-3;/h1-14,25-26H;4*(H,2,3);/q;4*-1;. The van der Waals surface area contributed by atoms with Crippen LogP contribution in [0, 0.1) is 0 Å². The third kappa shape index (κ3) is 10.0. The maximum Gasteiger partial charge on any atom is 0.0737 e. The fourth-order valence-corrected chi connectivity index (χ4v) is 3.77. The Morgan fingerprint density at radius 1 is 0.512 bits per heavy atom. The van der Waals surface area contributed by atoms with Gasteiger partial charge in [0.25, 0.3) is 0 Å². The maximum absolute atomic E-state index is 8.24. The molecule has 6 N–H and O–H groups in total. The molecule has 0 saturated heterocycles. The molecule has 0 atom stereocenters. The molecule has 0 saturated carbocycles. The average molecular weight is 606 g/mol.